The van der Waals surface area contributed by atoms with E-state index in [4.69, 9.17) is 0 Å². The molecule has 0 unspecified atom stereocenters. The summed E-state index contributed by atoms with van der Waals surface area (Å²) in [6.45, 7) is 1.15. The molecule has 2 aromatic rings. The fourth-order valence-electron chi connectivity index (χ4n) is 3.39. The van der Waals surface area contributed by atoms with Crippen molar-refractivity contribution in [3.8, 4) is 0 Å². The fourth-order valence-corrected chi connectivity index (χ4v) is 4.91. The normalized spacial score (nSPS) is 14.6. The highest BCUT2D eigenvalue weighted by Gasteiger charge is 2.25. The van der Waals surface area contributed by atoms with Crippen LogP contribution in [0.1, 0.15) is 31.2 Å². The minimum absolute atomic E-state index is 0.142. The first-order valence-corrected chi connectivity index (χ1v) is 11.8. The number of rotatable bonds is 7. The van der Waals surface area contributed by atoms with Crippen molar-refractivity contribution in [1.82, 2.24) is 9.62 Å². The van der Waals surface area contributed by atoms with Crippen LogP contribution in [0.2, 0.25) is 0 Å². The summed E-state index contributed by atoms with van der Waals surface area (Å²) in [6, 6.07) is 13.3. The smallest absolute Gasteiger partial charge is 0.318 e. The molecule has 0 radical (unpaired) electrons. The van der Waals surface area contributed by atoms with Gasteiger partial charge >= 0.3 is 6.03 Å². The number of nitrogens with one attached hydrogen (secondary N) is 3. The summed E-state index contributed by atoms with van der Waals surface area (Å²) in [5.74, 6) is -0.142. The molecule has 1 aliphatic heterocycles. The summed E-state index contributed by atoms with van der Waals surface area (Å²) in [7, 11) is -1.91. The second kappa shape index (κ2) is 10.4. The van der Waals surface area contributed by atoms with E-state index in [1.54, 1.807) is 52.8 Å². The number of hydrogen-bond donors (Lipinski definition) is 3. The van der Waals surface area contributed by atoms with E-state index in [9.17, 15) is 18.0 Å². The number of urea groups is 1. The number of sulfonamides is 1. The lowest BCUT2D eigenvalue weighted by Crippen LogP contribution is -2.35. The Balaban J connectivity index is 1.50. The Morgan fingerprint density at radius 1 is 0.871 bits per heavy atom. The number of amides is 3. The molecule has 0 bridgehead atoms. The molecule has 1 heterocycles. The van der Waals surface area contributed by atoms with E-state index in [1.807, 2.05) is 0 Å². The van der Waals surface area contributed by atoms with E-state index >= 15 is 0 Å². The molecule has 3 rings (SSSR count). The van der Waals surface area contributed by atoms with Crippen LogP contribution in [-0.4, -0.2) is 44.8 Å². The largest absolute Gasteiger partial charge is 0.341 e. The Hall–Kier alpha value is -2.91. The molecule has 1 fully saturated rings. The van der Waals surface area contributed by atoms with Gasteiger partial charge < -0.3 is 16.0 Å². The van der Waals surface area contributed by atoms with E-state index in [1.165, 1.54) is 7.05 Å². The maximum Gasteiger partial charge on any atom is 0.318 e. The zero-order chi connectivity index (χ0) is 22.3. The number of carbonyl (C=O) groups is 2. The summed E-state index contributed by atoms with van der Waals surface area (Å²) in [5.41, 5.74) is 2.16. The van der Waals surface area contributed by atoms with Gasteiger partial charge in [0.25, 0.3) is 0 Å². The lowest BCUT2D eigenvalue weighted by molar-refractivity contribution is -0.116. The SMILES string of the molecule is CNC(=O)Nc1ccc(NC(=O)CCc2ccc(S(=O)(=O)N3CCCCC3)cc2)cc1. The van der Waals surface area contributed by atoms with Gasteiger partial charge in [-0.25, -0.2) is 13.2 Å². The van der Waals surface area contributed by atoms with Crippen molar-refractivity contribution in [2.45, 2.75) is 37.0 Å². The summed E-state index contributed by atoms with van der Waals surface area (Å²) >= 11 is 0. The zero-order valence-electron chi connectivity index (χ0n) is 17.6. The minimum atomic E-state index is -3.44. The summed E-state index contributed by atoms with van der Waals surface area (Å²) in [4.78, 5) is 23.8. The molecule has 3 N–H and O–H groups in total. The molecule has 3 amide bonds. The molecule has 1 aliphatic rings. The number of anilines is 2. The van der Waals surface area contributed by atoms with Gasteiger partial charge in [0, 0.05) is 37.9 Å². The Kier molecular flexibility index (Phi) is 7.64. The van der Waals surface area contributed by atoms with E-state index in [0.717, 1.165) is 24.8 Å². The molecule has 9 heteroatoms. The number of carbonyl (C=O) groups excluding carboxylic acids is 2. The average Bonchev–Trinajstić information content (AvgIpc) is 2.80. The third kappa shape index (κ3) is 6.28. The van der Waals surface area contributed by atoms with Crippen LogP contribution < -0.4 is 16.0 Å². The molecule has 166 valence electrons. The Morgan fingerprint density at radius 3 is 2.03 bits per heavy atom. The highest BCUT2D eigenvalue weighted by molar-refractivity contribution is 7.89. The van der Waals surface area contributed by atoms with Gasteiger partial charge in [0.1, 0.15) is 0 Å². The van der Waals surface area contributed by atoms with Gasteiger partial charge in [-0.15, -0.1) is 0 Å². The number of benzene rings is 2. The lowest BCUT2D eigenvalue weighted by atomic mass is 10.1. The monoisotopic (exact) mass is 444 g/mol. The van der Waals surface area contributed by atoms with Crippen molar-refractivity contribution >= 4 is 33.3 Å². The van der Waals surface area contributed by atoms with Crippen molar-refractivity contribution in [1.29, 1.82) is 0 Å². The van der Waals surface area contributed by atoms with Gasteiger partial charge in [-0.3, -0.25) is 4.79 Å². The molecule has 1 saturated heterocycles. The summed E-state index contributed by atoms with van der Waals surface area (Å²) in [5, 5.41) is 7.93. The second-order valence-electron chi connectivity index (χ2n) is 7.44. The van der Waals surface area contributed by atoms with Crippen molar-refractivity contribution in [2.75, 3.05) is 30.8 Å². The topological polar surface area (TPSA) is 108 Å². The molecule has 8 nitrogen and oxygen atoms in total. The fraction of sp³-hybridized carbons (Fsp3) is 0.364. The molecule has 0 saturated carbocycles. The molecule has 2 aromatic carbocycles. The predicted molar refractivity (Wildman–Crippen MR) is 121 cm³/mol. The summed E-state index contributed by atoms with van der Waals surface area (Å²) in [6.07, 6.45) is 3.66. The van der Waals surface area contributed by atoms with Gasteiger partial charge in [0.15, 0.2) is 0 Å². The van der Waals surface area contributed by atoms with Crippen molar-refractivity contribution in [3.63, 3.8) is 0 Å². The Bertz CT molecular complexity index is 999. The van der Waals surface area contributed by atoms with Gasteiger partial charge in [0.05, 0.1) is 4.90 Å². The Labute approximate surface area is 183 Å². The first-order chi connectivity index (χ1) is 14.9. The van der Waals surface area contributed by atoms with Crippen LogP contribution >= 0.6 is 0 Å². The standard InChI is InChI=1S/C22H28N4O4S/c1-23-22(28)25-19-10-8-18(9-11-19)24-21(27)14-7-17-5-12-20(13-6-17)31(29,30)26-15-3-2-4-16-26/h5-6,8-13H,2-4,7,14-16H2,1H3,(H,24,27)(H2,23,25,28). The molecular formula is C22H28N4O4S. The van der Waals surface area contributed by atoms with Crippen LogP contribution in [0.25, 0.3) is 0 Å². The number of hydrogen-bond acceptors (Lipinski definition) is 4. The number of nitrogens with zero attached hydrogens (tertiary/aromatic N) is 1. The highest BCUT2D eigenvalue weighted by atomic mass is 32.2. The van der Waals surface area contributed by atoms with E-state index < -0.39 is 10.0 Å². The van der Waals surface area contributed by atoms with E-state index in [-0.39, 0.29) is 18.4 Å². The third-order valence-corrected chi connectivity index (χ3v) is 7.08. The van der Waals surface area contributed by atoms with Crippen LogP contribution in [0.15, 0.2) is 53.4 Å². The maximum absolute atomic E-state index is 12.7. The first-order valence-electron chi connectivity index (χ1n) is 10.4. The highest BCUT2D eigenvalue weighted by Crippen LogP contribution is 2.21. The van der Waals surface area contributed by atoms with Gasteiger partial charge in [-0.1, -0.05) is 18.6 Å². The van der Waals surface area contributed by atoms with Crippen molar-refractivity contribution in [3.05, 3.63) is 54.1 Å². The average molecular weight is 445 g/mol. The van der Waals surface area contributed by atoms with Crippen molar-refractivity contribution in [2.24, 2.45) is 0 Å². The maximum atomic E-state index is 12.7. The first kappa shape index (κ1) is 22.8. The molecule has 31 heavy (non-hydrogen) atoms. The number of aryl methyl sites for hydroxylation is 1. The summed E-state index contributed by atoms with van der Waals surface area (Å²) < 4.78 is 27.0. The Morgan fingerprint density at radius 2 is 1.45 bits per heavy atom. The van der Waals surface area contributed by atoms with E-state index in [0.29, 0.717) is 35.8 Å². The second-order valence-corrected chi connectivity index (χ2v) is 9.38. The zero-order valence-corrected chi connectivity index (χ0v) is 18.4. The molecule has 0 atom stereocenters. The molecular weight excluding hydrogens is 416 g/mol. The van der Waals surface area contributed by atoms with Crippen LogP contribution in [-0.2, 0) is 21.2 Å². The molecule has 0 aliphatic carbocycles. The quantitative estimate of drug-likeness (QED) is 0.609. The van der Waals surface area contributed by atoms with Crippen LogP contribution in [0.4, 0.5) is 16.2 Å². The third-order valence-electron chi connectivity index (χ3n) is 5.17. The lowest BCUT2D eigenvalue weighted by Gasteiger charge is -2.25. The minimum Gasteiger partial charge on any atom is -0.341 e. The van der Waals surface area contributed by atoms with Crippen molar-refractivity contribution < 1.29 is 18.0 Å². The van der Waals surface area contributed by atoms with Gasteiger partial charge in [0.2, 0.25) is 15.9 Å². The van der Waals surface area contributed by atoms with E-state index in [2.05, 4.69) is 16.0 Å². The van der Waals surface area contributed by atoms with Crippen LogP contribution in [0, 0.1) is 0 Å². The number of piperidine rings is 1. The predicted octanol–water partition coefficient (Wildman–Crippen LogP) is 3.18. The van der Waals surface area contributed by atoms with Crippen LogP contribution in [0.3, 0.4) is 0 Å². The molecule has 0 aromatic heterocycles. The van der Waals surface area contributed by atoms with Crippen LogP contribution in [0.5, 0.6) is 0 Å². The molecule has 0 spiro atoms. The van der Waals surface area contributed by atoms with Gasteiger partial charge in [-0.05, 0) is 61.2 Å². The van der Waals surface area contributed by atoms with Gasteiger partial charge in [-0.2, -0.15) is 4.31 Å².